The number of nitrogens with zero attached hydrogens (tertiary/aromatic N) is 4. The van der Waals surface area contributed by atoms with Gasteiger partial charge in [0.1, 0.15) is 36.9 Å². The van der Waals surface area contributed by atoms with Crippen molar-refractivity contribution in [2.75, 3.05) is 24.4 Å². The molecule has 6 rings (SSSR count). The van der Waals surface area contributed by atoms with Crippen molar-refractivity contribution in [2.24, 2.45) is 0 Å². The highest BCUT2D eigenvalue weighted by molar-refractivity contribution is 7.45. The highest BCUT2D eigenvalue weighted by atomic mass is 31.2. The zero-order valence-corrected chi connectivity index (χ0v) is 23.2. The Kier molecular flexibility index (Phi) is 9.27. The predicted molar refractivity (Wildman–Crippen MR) is 147 cm³/mol. The molecule has 9 atom stereocenters. The third kappa shape index (κ3) is 5.91. The van der Waals surface area contributed by atoms with E-state index in [1.807, 2.05) is 0 Å². The number of anilines is 2. The second-order valence-electron chi connectivity index (χ2n) is 9.59. The van der Waals surface area contributed by atoms with E-state index >= 15 is 0 Å². The molecule has 2 aliphatic heterocycles. The number of aromatic amines is 2. The maximum Gasteiger partial charge on any atom is 0.261 e. The summed E-state index contributed by atoms with van der Waals surface area (Å²) in [5.74, 6) is -0.181. The summed E-state index contributed by atoms with van der Waals surface area (Å²) in [6, 6.07) is 2.96. The van der Waals surface area contributed by atoms with Crippen LogP contribution in [-0.2, 0) is 19.0 Å². The summed E-state index contributed by atoms with van der Waals surface area (Å²) < 4.78 is 17.9. The fourth-order valence-corrected chi connectivity index (χ4v) is 4.93. The maximum atomic E-state index is 11.8. The molecule has 0 radical (unpaired) electrons. The molecule has 4 aromatic heterocycles. The lowest BCUT2D eigenvalue weighted by Gasteiger charge is -2.17. The zero-order chi connectivity index (χ0) is 31.9. The summed E-state index contributed by atoms with van der Waals surface area (Å²) in [5.41, 5.74) is 10.5. The van der Waals surface area contributed by atoms with Gasteiger partial charge in [-0.3, -0.25) is 19.6 Å². The molecule has 21 nitrogen and oxygen atoms in total. The van der Waals surface area contributed by atoms with Crippen LogP contribution < -0.4 is 22.6 Å². The Morgan fingerprint density at radius 2 is 1.34 bits per heavy atom. The number of H-pyrrole nitrogens is 2. The normalized spacial score (nSPS) is 29.2. The number of nitrogens with two attached hydrogens (primary N) is 2. The summed E-state index contributed by atoms with van der Waals surface area (Å²) in [4.78, 5) is 50.0. The topological polar surface area (TPSA) is 332 Å². The van der Waals surface area contributed by atoms with Crippen LogP contribution in [-0.4, -0.2) is 114 Å². The number of hydrogen-bond acceptors (Lipinski definition) is 17. The molecule has 2 fully saturated rings. The van der Waals surface area contributed by atoms with Gasteiger partial charge in [0.2, 0.25) is 26.6 Å². The molecular formula is C22H29N8O13P. The Bertz CT molecular complexity index is 1730. The van der Waals surface area contributed by atoms with Crippen LogP contribution in [0, 0.1) is 0 Å². The predicted octanol–water partition coefficient (Wildman–Crippen LogP) is -4.00. The van der Waals surface area contributed by atoms with Crippen LogP contribution >= 0.6 is 8.38 Å². The van der Waals surface area contributed by atoms with E-state index in [1.165, 1.54) is 33.7 Å². The minimum atomic E-state index is -2.24. The van der Waals surface area contributed by atoms with Crippen molar-refractivity contribution in [1.29, 1.82) is 0 Å². The van der Waals surface area contributed by atoms with E-state index in [-0.39, 0.29) is 34.0 Å². The van der Waals surface area contributed by atoms with Crippen molar-refractivity contribution in [3.63, 3.8) is 0 Å². The molecular weight excluding hydrogens is 615 g/mol. The number of aliphatic hydroxyl groups is 6. The average molecular weight is 644 g/mol. The molecule has 0 bridgehead atoms. The molecule has 2 aliphatic rings. The van der Waals surface area contributed by atoms with Crippen LogP contribution in [0.2, 0.25) is 0 Å². The molecule has 13 N–H and O–H groups in total. The first-order valence-electron chi connectivity index (χ1n) is 12.7. The molecule has 0 aliphatic carbocycles. The molecule has 0 saturated carbocycles. The number of rotatable bonds is 7. The Morgan fingerprint density at radius 3 is 1.82 bits per heavy atom. The second kappa shape index (κ2) is 12.8. The first-order valence-corrected chi connectivity index (χ1v) is 14.1. The molecule has 4 aromatic rings. The Hall–Kier alpha value is -3.57. The third-order valence-corrected chi connectivity index (χ3v) is 7.30. The van der Waals surface area contributed by atoms with Gasteiger partial charge in [-0.1, -0.05) is 0 Å². The second-order valence-corrected chi connectivity index (χ2v) is 10.7. The SMILES string of the molecule is Nc1nc2c(ccn2[C@@H]2O[C@H](CO)C(O)[C@@H]2O)c(=O)[nH]1.Nc1nc2c(ccn2[C@@H]2O[C@H](OOP(O)CO)C(O)[C@@H]2O)c(=O)[nH]1. The fraction of sp³-hybridized carbons (Fsp3) is 0.455. The summed E-state index contributed by atoms with van der Waals surface area (Å²) in [5, 5.41) is 58.1. The van der Waals surface area contributed by atoms with Crippen LogP contribution in [0.5, 0.6) is 0 Å². The summed E-state index contributed by atoms with van der Waals surface area (Å²) in [6.07, 6.45) is -7.55. The van der Waals surface area contributed by atoms with Crippen LogP contribution in [0.4, 0.5) is 11.9 Å². The van der Waals surface area contributed by atoms with Crippen molar-refractivity contribution in [3.05, 3.63) is 45.2 Å². The number of aromatic nitrogens is 6. The van der Waals surface area contributed by atoms with Gasteiger partial charge in [-0.15, -0.1) is 0 Å². The van der Waals surface area contributed by atoms with E-state index in [2.05, 4.69) is 29.5 Å². The van der Waals surface area contributed by atoms with Crippen molar-refractivity contribution in [3.8, 4) is 0 Å². The van der Waals surface area contributed by atoms with Crippen LogP contribution in [0.15, 0.2) is 34.1 Å². The maximum absolute atomic E-state index is 11.8. The van der Waals surface area contributed by atoms with E-state index in [1.54, 1.807) is 0 Å². The Morgan fingerprint density at radius 1 is 0.841 bits per heavy atom. The van der Waals surface area contributed by atoms with Crippen molar-refractivity contribution >= 4 is 42.3 Å². The van der Waals surface area contributed by atoms with E-state index in [9.17, 15) is 30.0 Å². The highest BCUT2D eigenvalue weighted by Crippen LogP contribution is 2.36. The number of nitrogen functional groups attached to an aromatic ring is 2. The quantitative estimate of drug-likeness (QED) is 0.0518. The summed E-state index contributed by atoms with van der Waals surface area (Å²) in [6.45, 7) is -0.427. The number of hydrogen-bond donors (Lipinski definition) is 11. The minimum Gasteiger partial charge on any atom is -0.394 e. The third-order valence-electron chi connectivity index (χ3n) is 6.80. The van der Waals surface area contributed by atoms with E-state index in [0.717, 1.165) is 0 Å². The lowest BCUT2D eigenvalue weighted by atomic mass is 10.1. The number of ether oxygens (including phenoxy) is 2. The van der Waals surface area contributed by atoms with Crippen LogP contribution in [0.1, 0.15) is 12.5 Å². The van der Waals surface area contributed by atoms with Gasteiger partial charge < -0.3 is 65.6 Å². The van der Waals surface area contributed by atoms with Gasteiger partial charge in [0, 0.05) is 12.4 Å². The van der Waals surface area contributed by atoms with Crippen LogP contribution in [0.25, 0.3) is 22.1 Å². The number of nitrogens with one attached hydrogen (secondary N) is 2. The average Bonchev–Trinajstić information content (AvgIpc) is 3.74. The lowest BCUT2D eigenvalue weighted by molar-refractivity contribution is -0.332. The van der Waals surface area contributed by atoms with E-state index < -0.39 is 81.7 Å². The minimum absolute atomic E-state index is 0.0609. The molecule has 22 heteroatoms. The van der Waals surface area contributed by atoms with Crippen molar-refractivity contribution < 1.29 is 54.6 Å². The standard InChI is InChI=1S/C11H15N4O8P.C11H14N4O5/c12-11-13-7-4(8(19)14-11)1-2-15(7)9-5(17)6(18)10(21-9)22-23-24(20)3-16;12-11-13-8-4(9(19)14-11)1-2-15(8)10-7(18)6(17)5(3-16)20-10/h1-2,5-6,9-10,16-18,20H,3H2,(H3,12,13,14,19);1-2,5-7,10,16-18H,3H2,(H3,12,13,14,19)/t5-,6?,9+,10+,24?;5-,6?,7+,10-/m01/s1. The summed E-state index contributed by atoms with van der Waals surface area (Å²) >= 11 is 0. The van der Waals surface area contributed by atoms with Gasteiger partial charge in [0.15, 0.2) is 23.8 Å². The van der Waals surface area contributed by atoms with Gasteiger partial charge in [0.25, 0.3) is 11.1 Å². The lowest BCUT2D eigenvalue weighted by Crippen LogP contribution is -2.33. The molecule has 0 amide bonds. The zero-order valence-electron chi connectivity index (χ0n) is 22.3. The fourth-order valence-electron chi connectivity index (χ4n) is 4.69. The smallest absolute Gasteiger partial charge is 0.261 e. The van der Waals surface area contributed by atoms with Gasteiger partial charge in [-0.2, -0.15) is 19.5 Å². The molecule has 2 saturated heterocycles. The van der Waals surface area contributed by atoms with E-state index in [4.69, 9.17) is 36.0 Å². The molecule has 0 aromatic carbocycles. The number of fused-ring (bicyclic) bond motifs is 2. The van der Waals surface area contributed by atoms with Crippen LogP contribution in [0.3, 0.4) is 0 Å². The first kappa shape index (κ1) is 31.8. The van der Waals surface area contributed by atoms with Gasteiger partial charge in [0.05, 0.1) is 17.4 Å². The molecule has 44 heavy (non-hydrogen) atoms. The Balaban J connectivity index is 0.000000177. The van der Waals surface area contributed by atoms with Crippen molar-refractivity contribution in [1.82, 2.24) is 29.1 Å². The largest absolute Gasteiger partial charge is 0.394 e. The van der Waals surface area contributed by atoms with Gasteiger partial charge in [-0.25, -0.2) is 0 Å². The monoisotopic (exact) mass is 644 g/mol. The Labute approximate surface area is 245 Å². The number of aliphatic hydroxyl groups excluding tert-OH is 6. The van der Waals surface area contributed by atoms with Gasteiger partial charge in [-0.05, 0) is 12.1 Å². The first-order chi connectivity index (χ1) is 20.9. The van der Waals surface area contributed by atoms with Crippen molar-refractivity contribution in [2.45, 2.75) is 49.3 Å². The molecule has 240 valence electrons. The molecule has 6 heterocycles. The summed E-state index contributed by atoms with van der Waals surface area (Å²) in [7, 11) is -2.24. The van der Waals surface area contributed by atoms with E-state index in [0.29, 0.717) is 0 Å². The molecule has 3 unspecified atom stereocenters. The molecule has 0 spiro atoms. The van der Waals surface area contributed by atoms with Gasteiger partial charge >= 0.3 is 0 Å². The highest BCUT2D eigenvalue weighted by Gasteiger charge is 2.46.